The molecule has 0 aliphatic heterocycles. The van der Waals surface area contributed by atoms with Crippen molar-refractivity contribution in [3.05, 3.63) is 58.3 Å². The third kappa shape index (κ3) is 6.95. The maximum atomic E-state index is 10.6. The van der Waals surface area contributed by atoms with Gasteiger partial charge in [0.25, 0.3) is 0 Å². The average Bonchev–Trinajstić information content (AvgIpc) is 3.13. The second-order valence-corrected chi connectivity index (χ2v) is 7.09. The Balaban J connectivity index is 0.00000312. The molecule has 2 atom stereocenters. The largest absolute Gasteiger partial charge is 0.383 e. The van der Waals surface area contributed by atoms with E-state index in [9.17, 15) is 5.11 Å². The van der Waals surface area contributed by atoms with Crippen LogP contribution in [0.4, 0.5) is 0 Å². The molecule has 0 aliphatic rings. The summed E-state index contributed by atoms with van der Waals surface area (Å²) in [5.74, 6) is 1.12. The smallest absolute Gasteiger partial charge is 0.191 e. The van der Waals surface area contributed by atoms with Crippen LogP contribution in [0.1, 0.15) is 37.1 Å². The minimum Gasteiger partial charge on any atom is -0.383 e. The van der Waals surface area contributed by atoms with Gasteiger partial charge in [-0.25, -0.2) is 4.99 Å². The van der Waals surface area contributed by atoms with Crippen LogP contribution in [0.5, 0.6) is 0 Å². The van der Waals surface area contributed by atoms with Crippen molar-refractivity contribution in [2.75, 3.05) is 19.6 Å². The molecular formula is C19H28IN3OS. The summed E-state index contributed by atoms with van der Waals surface area (Å²) in [6.07, 6.45) is 0. The van der Waals surface area contributed by atoms with Crippen molar-refractivity contribution < 1.29 is 5.11 Å². The summed E-state index contributed by atoms with van der Waals surface area (Å²) in [7, 11) is 0. The third-order valence-electron chi connectivity index (χ3n) is 3.89. The number of benzene rings is 1. The minimum absolute atomic E-state index is 0. The fraction of sp³-hybridized carbons (Fsp3) is 0.421. The van der Waals surface area contributed by atoms with Gasteiger partial charge in [0, 0.05) is 18.0 Å². The average molecular weight is 473 g/mol. The van der Waals surface area contributed by atoms with Crippen molar-refractivity contribution >= 4 is 41.3 Å². The quantitative estimate of drug-likeness (QED) is 0.325. The van der Waals surface area contributed by atoms with Gasteiger partial charge >= 0.3 is 0 Å². The van der Waals surface area contributed by atoms with Gasteiger partial charge in [0.05, 0.1) is 6.54 Å². The number of thiophene rings is 1. The Bertz CT molecular complexity index is 629. The lowest BCUT2D eigenvalue weighted by molar-refractivity contribution is 0.0711. The van der Waals surface area contributed by atoms with Gasteiger partial charge in [-0.2, -0.15) is 0 Å². The number of halogens is 1. The number of nitrogens with zero attached hydrogens (tertiary/aromatic N) is 1. The second-order valence-electron chi connectivity index (χ2n) is 6.14. The topological polar surface area (TPSA) is 56.7 Å². The Morgan fingerprint density at radius 3 is 2.52 bits per heavy atom. The lowest BCUT2D eigenvalue weighted by atomic mass is 10.0. The zero-order valence-corrected chi connectivity index (χ0v) is 18.2. The standard InChI is InChI=1S/C19H27N3OS.HI/c1-4-20-18(21-13-15(2)16-9-6-5-7-10-16)22-14-19(3,23)17-11-8-12-24-17;/h5-12,15,23H,4,13-14H2,1-3H3,(H2,20,21,22);1H. The lowest BCUT2D eigenvalue weighted by Gasteiger charge is -2.21. The first-order valence-electron chi connectivity index (χ1n) is 8.36. The van der Waals surface area contributed by atoms with Gasteiger partial charge in [-0.05, 0) is 36.8 Å². The van der Waals surface area contributed by atoms with Crippen LogP contribution in [0, 0.1) is 0 Å². The van der Waals surface area contributed by atoms with Gasteiger partial charge in [0.1, 0.15) is 5.60 Å². The van der Waals surface area contributed by atoms with Crippen molar-refractivity contribution in [3.63, 3.8) is 0 Å². The van der Waals surface area contributed by atoms with E-state index < -0.39 is 5.60 Å². The van der Waals surface area contributed by atoms with Crippen LogP contribution >= 0.6 is 35.3 Å². The highest BCUT2D eigenvalue weighted by Crippen LogP contribution is 2.25. The molecule has 1 aromatic carbocycles. The molecule has 25 heavy (non-hydrogen) atoms. The number of hydrogen-bond acceptors (Lipinski definition) is 3. The van der Waals surface area contributed by atoms with Crippen molar-refractivity contribution in [1.29, 1.82) is 0 Å². The molecule has 3 N–H and O–H groups in total. The molecule has 0 aliphatic carbocycles. The van der Waals surface area contributed by atoms with E-state index in [1.54, 1.807) is 18.3 Å². The number of aliphatic imine (C=N–C) groups is 1. The zero-order valence-electron chi connectivity index (χ0n) is 15.0. The Kier molecular flexibility index (Phi) is 9.45. The number of hydrogen-bond donors (Lipinski definition) is 3. The summed E-state index contributed by atoms with van der Waals surface area (Å²) >= 11 is 1.55. The van der Waals surface area contributed by atoms with Crippen molar-refractivity contribution in [3.8, 4) is 0 Å². The fourth-order valence-corrected chi connectivity index (χ4v) is 3.17. The van der Waals surface area contributed by atoms with Crippen LogP contribution in [-0.2, 0) is 5.60 Å². The maximum Gasteiger partial charge on any atom is 0.191 e. The number of nitrogens with one attached hydrogen (secondary N) is 2. The maximum absolute atomic E-state index is 10.6. The minimum atomic E-state index is -0.943. The van der Waals surface area contributed by atoms with E-state index in [1.165, 1.54) is 5.56 Å². The SMILES string of the molecule is CCNC(=NCC(C)(O)c1cccs1)NCC(C)c1ccccc1.I. The van der Waals surface area contributed by atoms with Gasteiger partial charge in [-0.3, -0.25) is 0 Å². The van der Waals surface area contributed by atoms with Crippen molar-refractivity contribution in [1.82, 2.24) is 10.6 Å². The van der Waals surface area contributed by atoms with E-state index >= 15 is 0 Å². The Morgan fingerprint density at radius 1 is 1.20 bits per heavy atom. The lowest BCUT2D eigenvalue weighted by Crippen LogP contribution is -2.40. The van der Waals surface area contributed by atoms with E-state index in [0.29, 0.717) is 12.5 Å². The fourth-order valence-electron chi connectivity index (χ4n) is 2.39. The van der Waals surface area contributed by atoms with E-state index in [1.807, 2.05) is 30.5 Å². The van der Waals surface area contributed by atoms with Gasteiger partial charge in [-0.1, -0.05) is 43.3 Å². The molecule has 0 bridgehead atoms. The third-order valence-corrected chi connectivity index (χ3v) is 5.01. The predicted molar refractivity (Wildman–Crippen MR) is 118 cm³/mol. The molecular weight excluding hydrogens is 445 g/mol. The Labute approximate surface area is 171 Å². The zero-order chi connectivity index (χ0) is 17.4. The number of rotatable bonds is 7. The molecule has 2 rings (SSSR count). The highest BCUT2D eigenvalue weighted by molar-refractivity contribution is 14.0. The monoisotopic (exact) mass is 473 g/mol. The van der Waals surface area contributed by atoms with Crippen LogP contribution in [0.15, 0.2) is 52.8 Å². The van der Waals surface area contributed by atoms with Crippen molar-refractivity contribution in [2.45, 2.75) is 32.3 Å². The van der Waals surface area contributed by atoms with Crippen LogP contribution in [0.2, 0.25) is 0 Å². The summed E-state index contributed by atoms with van der Waals surface area (Å²) in [5.41, 5.74) is 0.355. The summed E-state index contributed by atoms with van der Waals surface area (Å²) in [4.78, 5) is 5.49. The van der Waals surface area contributed by atoms with Crippen LogP contribution in [-0.4, -0.2) is 30.7 Å². The molecule has 1 aromatic heterocycles. The highest BCUT2D eigenvalue weighted by Gasteiger charge is 2.24. The van der Waals surface area contributed by atoms with E-state index in [-0.39, 0.29) is 24.0 Å². The van der Waals surface area contributed by atoms with Gasteiger partial charge < -0.3 is 15.7 Å². The molecule has 0 spiro atoms. The summed E-state index contributed by atoms with van der Waals surface area (Å²) < 4.78 is 0. The molecule has 6 heteroatoms. The van der Waals surface area contributed by atoms with E-state index in [0.717, 1.165) is 23.9 Å². The molecule has 4 nitrogen and oxygen atoms in total. The molecule has 1 heterocycles. The first-order valence-corrected chi connectivity index (χ1v) is 9.24. The number of guanidine groups is 1. The predicted octanol–water partition coefficient (Wildman–Crippen LogP) is 3.93. The Hall–Kier alpha value is -1.12. The normalized spacial score (nSPS) is 15.0. The van der Waals surface area contributed by atoms with Crippen LogP contribution < -0.4 is 10.6 Å². The van der Waals surface area contributed by atoms with E-state index in [2.05, 4.69) is 46.8 Å². The van der Waals surface area contributed by atoms with E-state index in [4.69, 9.17) is 0 Å². The van der Waals surface area contributed by atoms with Crippen LogP contribution in [0.25, 0.3) is 0 Å². The van der Waals surface area contributed by atoms with Gasteiger partial charge in [-0.15, -0.1) is 35.3 Å². The second kappa shape index (κ2) is 10.8. The van der Waals surface area contributed by atoms with Gasteiger partial charge in [0.15, 0.2) is 5.96 Å². The van der Waals surface area contributed by atoms with Gasteiger partial charge in [0.2, 0.25) is 0 Å². The first kappa shape index (κ1) is 21.9. The summed E-state index contributed by atoms with van der Waals surface area (Å²) in [6.45, 7) is 7.92. The molecule has 0 amide bonds. The molecule has 138 valence electrons. The number of aliphatic hydroxyl groups is 1. The molecule has 0 saturated carbocycles. The summed E-state index contributed by atoms with van der Waals surface area (Å²) in [5, 5.41) is 19.2. The van der Waals surface area contributed by atoms with Crippen molar-refractivity contribution in [2.24, 2.45) is 4.99 Å². The summed E-state index contributed by atoms with van der Waals surface area (Å²) in [6, 6.07) is 14.3. The highest BCUT2D eigenvalue weighted by atomic mass is 127. The molecule has 2 unspecified atom stereocenters. The van der Waals surface area contributed by atoms with Crippen LogP contribution in [0.3, 0.4) is 0 Å². The molecule has 0 saturated heterocycles. The Morgan fingerprint density at radius 2 is 1.92 bits per heavy atom. The first-order chi connectivity index (χ1) is 11.5. The molecule has 2 aromatic rings. The molecule has 0 radical (unpaired) electrons. The molecule has 0 fully saturated rings.